The molecule has 0 atom stereocenters. The maximum Gasteiger partial charge on any atom is 0.171 e. The molecule has 0 bridgehead atoms. The fourth-order valence-electron chi connectivity index (χ4n) is 4.32. The zero-order chi connectivity index (χ0) is 22.8. The van der Waals surface area contributed by atoms with Crippen molar-refractivity contribution in [2.24, 2.45) is 4.99 Å². The monoisotopic (exact) mass is 481 g/mol. The van der Waals surface area contributed by atoms with E-state index in [-0.39, 0.29) is 0 Å². The largest absolute Gasteiger partial charge is 0.297 e. The first-order chi connectivity index (χ1) is 16.1. The highest BCUT2D eigenvalue weighted by Gasteiger charge is 2.30. The van der Waals surface area contributed by atoms with Crippen molar-refractivity contribution in [1.29, 1.82) is 0 Å². The molecule has 1 aromatic heterocycles. The summed E-state index contributed by atoms with van der Waals surface area (Å²) in [7, 11) is 0. The lowest BCUT2D eigenvalue weighted by Crippen LogP contribution is -2.48. The molecule has 2 aliphatic rings. The molecule has 2 aliphatic heterocycles. The molecule has 170 valence electrons. The highest BCUT2D eigenvalue weighted by atomic mass is 35.5. The van der Waals surface area contributed by atoms with Crippen molar-refractivity contribution in [3.63, 3.8) is 0 Å². The lowest BCUT2D eigenvalue weighted by Gasteiger charge is -2.43. The van der Waals surface area contributed by atoms with E-state index in [1.54, 1.807) is 4.80 Å². The smallest absolute Gasteiger partial charge is 0.171 e. The van der Waals surface area contributed by atoms with Gasteiger partial charge in [-0.2, -0.15) is 4.80 Å². The second-order valence-electron chi connectivity index (χ2n) is 8.33. The van der Waals surface area contributed by atoms with Gasteiger partial charge in [-0.1, -0.05) is 53.9 Å². The fraction of sp³-hybridized carbons (Fsp3) is 0.333. The van der Waals surface area contributed by atoms with E-state index in [4.69, 9.17) is 28.2 Å². The topological polar surface area (TPSA) is 62.4 Å². The number of hydrogen-bond donors (Lipinski definition) is 0. The van der Waals surface area contributed by atoms with Crippen LogP contribution in [0.25, 0.3) is 11.4 Å². The van der Waals surface area contributed by atoms with Gasteiger partial charge in [0.05, 0.1) is 23.7 Å². The SMILES string of the molecule is Cc1nnn(CC2=NC(c3ccc(Cl)cc3)=C(c3ccc(Cl)cc3)N(N3CCCCC3)C2)n1. The second kappa shape index (κ2) is 9.63. The molecule has 3 heterocycles. The number of halogens is 2. The predicted octanol–water partition coefficient (Wildman–Crippen LogP) is 4.97. The van der Waals surface area contributed by atoms with Crippen molar-refractivity contribution in [3.05, 3.63) is 75.5 Å². The minimum atomic E-state index is 0.482. The summed E-state index contributed by atoms with van der Waals surface area (Å²) < 4.78 is 0. The molecule has 0 N–H and O–H groups in total. The highest BCUT2D eigenvalue weighted by molar-refractivity contribution is 6.31. The summed E-state index contributed by atoms with van der Waals surface area (Å²) in [6.07, 6.45) is 3.62. The minimum Gasteiger partial charge on any atom is -0.297 e. The molecular formula is C24H25Cl2N7. The molecule has 2 aromatic carbocycles. The van der Waals surface area contributed by atoms with Crippen LogP contribution in [-0.2, 0) is 6.54 Å². The number of aryl methyl sites for hydroxylation is 1. The molecule has 0 amide bonds. The van der Waals surface area contributed by atoms with Gasteiger partial charge in [-0.3, -0.25) is 10.0 Å². The number of hydrogen-bond acceptors (Lipinski definition) is 6. The van der Waals surface area contributed by atoms with Crippen molar-refractivity contribution in [2.75, 3.05) is 19.6 Å². The van der Waals surface area contributed by atoms with Gasteiger partial charge in [-0.25, -0.2) is 5.01 Å². The van der Waals surface area contributed by atoms with E-state index in [0.717, 1.165) is 41.3 Å². The van der Waals surface area contributed by atoms with Gasteiger partial charge in [0, 0.05) is 34.3 Å². The molecule has 0 saturated carbocycles. The summed E-state index contributed by atoms with van der Waals surface area (Å²) in [5, 5.41) is 18.8. The lowest BCUT2D eigenvalue weighted by molar-refractivity contribution is 0.0272. The van der Waals surface area contributed by atoms with Crippen molar-refractivity contribution in [1.82, 2.24) is 30.2 Å². The molecular weight excluding hydrogens is 457 g/mol. The molecule has 0 spiro atoms. The Labute approximate surface area is 203 Å². The maximum atomic E-state index is 6.22. The first-order valence-electron chi connectivity index (χ1n) is 11.2. The van der Waals surface area contributed by atoms with Crippen molar-refractivity contribution in [2.45, 2.75) is 32.7 Å². The third kappa shape index (κ3) is 4.95. The van der Waals surface area contributed by atoms with Crippen LogP contribution < -0.4 is 0 Å². The van der Waals surface area contributed by atoms with Gasteiger partial charge in [0.1, 0.15) is 6.54 Å². The quantitative estimate of drug-likeness (QED) is 0.514. The Morgan fingerprint density at radius 1 is 0.848 bits per heavy atom. The molecule has 0 unspecified atom stereocenters. The third-order valence-corrected chi connectivity index (χ3v) is 6.37. The van der Waals surface area contributed by atoms with E-state index in [2.05, 4.69) is 37.6 Å². The zero-order valence-electron chi connectivity index (χ0n) is 18.5. The van der Waals surface area contributed by atoms with E-state index in [9.17, 15) is 0 Å². The van der Waals surface area contributed by atoms with Crippen LogP contribution in [0.5, 0.6) is 0 Å². The summed E-state index contributed by atoms with van der Waals surface area (Å²) in [5.41, 5.74) is 5.03. The van der Waals surface area contributed by atoms with Gasteiger partial charge in [0.15, 0.2) is 5.82 Å². The van der Waals surface area contributed by atoms with Crippen molar-refractivity contribution >= 4 is 40.3 Å². The number of rotatable bonds is 5. The van der Waals surface area contributed by atoms with Crippen LogP contribution in [-0.4, -0.2) is 55.6 Å². The van der Waals surface area contributed by atoms with Gasteiger partial charge in [-0.15, -0.1) is 10.2 Å². The molecule has 7 nitrogen and oxygen atoms in total. The van der Waals surface area contributed by atoms with Crippen LogP contribution in [0.3, 0.4) is 0 Å². The Bertz CT molecular complexity index is 1180. The van der Waals surface area contributed by atoms with E-state index in [1.165, 1.54) is 19.3 Å². The maximum absolute atomic E-state index is 6.22. The number of nitrogens with zero attached hydrogens (tertiary/aromatic N) is 7. The number of hydrazine groups is 1. The van der Waals surface area contributed by atoms with E-state index >= 15 is 0 Å². The van der Waals surface area contributed by atoms with Gasteiger partial charge in [0.25, 0.3) is 0 Å². The average molecular weight is 482 g/mol. The molecule has 3 aromatic rings. The Morgan fingerprint density at radius 2 is 1.48 bits per heavy atom. The fourth-order valence-corrected chi connectivity index (χ4v) is 4.57. The second-order valence-corrected chi connectivity index (χ2v) is 9.20. The van der Waals surface area contributed by atoms with Crippen molar-refractivity contribution in [3.8, 4) is 0 Å². The predicted molar refractivity (Wildman–Crippen MR) is 132 cm³/mol. The molecule has 0 radical (unpaired) electrons. The molecule has 33 heavy (non-hydrogen) atoms. The number of aliphatic imine (C=N–C) groups is 1. The number of piperidine rings is 1. The summed E-state index contributed by atoms with van der Waals surface area (Å²) in [6.45, 7) is 5.01. The van der Waals surface area contributed by atoms with Gasteiger partial charge >= 0.3 is 0 Å². The van der Waals surface area contributed by atoms with Crippen LogP contribution in [0.15, 0.2) is 53.5 Å². The summed E-state index contributed by atoms with van der Waals surface area (Å²) in [6, 6.07) is 15.8. The van der Waals surface area contributed by atoms with Crippen LogP contribution in [0, 0.1) is 6.92 Å². The first-order valence-corrected chi connectivity index (χ1v) is 11.9. The van der Waals surface area contributed by atoms with Crippen LogP contribution in [0.4, 0.5) is 0 Å². The standard InChI is InChI=1S/C24H25Cl2N7/c1-17-28-30-33(29-17)16-22-15-32(31-13-3-2-4-14-31)24(19-7-11-21(26)12-8-19)23(27-22)18-5-9-20(25)10-6-18/h5-12H,2-4,13-16H2,1H3. The Hall–Kier alpha value is -2.74. The number of benzene rings is 2. The zero-order valence-corrected chi connectivity index (χ0v) is 20.0. The average Bonchev–Trinajstić information content (AvgIpc) is 3.25. The number of tetrazole rings is 1. The molecule has 0 aliphatic carbocycles. The molecule has 9 heteroatoms. The van der Waals surface area contributed by atoms with Crippen LogP contribution >= 0.6 is 23.2 Å². The third-order valence-electron chi connectivity index (χ3n) is 5.87. The van der Waals surface area contributed by atoms with E-state index in [0.29, 0.717) is 29.0 Å². The van der Waals surface area contributed by atoms with Gasteiger partial charge < -0.3 is 0 Å². The summed E-state index contributed by atoms with van der Waals surface area (Å²) in [4.78, 5) is 6.74. The van der Waals surface area contributed by atoms with E-state index in [1.807, 2.05) is 43.3 Å². The van der Waals surface area contributed by atoms with Gasteiger partial charge in [-0.05, 0) is 49.2 Å². The molecule has 1 saturated heterocycles. The molecule has 1 fully saturated rings. The molecule has 5 rings (SSSR count). The van der Waals surface area contributed by atoms with Crippen LogP contribution in [0.2, 0.25) is 10.0 Å². The Kier molecular flexibility index (Phi) is 6.44. The summed E-state index contributed by atoms with van der Waals surface area (Å²) in [5.74, 6) is 0.648. The Balaban J connectivity index is 1.66. The number of aromatic nitrogens is 4. The van der Waals surface area contributed by atoms with Crippen LogP contribution in [0.1, 0.15) is 36.2 Å². The highest BCUT2D eigenvalue weighted by Crippen LogP contribution is 2.36. The Morgan fingerprint density at radius 3 is 2.09 bits per heavy atom. The minimum absolute atomic E-state index is 0.482. The van der Waals surface area contributed by atoms with Crippen molar-refractivity contribution < 1.29 is 0 Å². The lowest BCUT2D eigenvalue weighted by atomic mass is 10.0. The normalized spacial score (nSPS) is 17.4. The van der Waals surface area contributed by atoms with E-state index < -0.39 is 0 Å². The van der Waals surface area contributed by atoms with Gasteiger partial charge in [0.2, 0.25) is 0 Å². The first kappa shape index (κ1) is 22.1. The summed E-state index contributed by atoms with van der Waals surface area (Å²) >= 11 is 12.4.